The molecule has 0 bridgehead atoms. The lowest BCUT2D eigenvalue weighted by Crippen LogP contribution is -2.33. The van der Waals surface area contributed by atoms with Crippen LogP contribution in [0, 0.1) is 0 Å². The first kappa shape index (κ1) is 16.6. The number of hydrogen-bond acceptors (Lipinski definition) is 4. The maximum Gasteiger partial charge on any atom is 0.253 e. The fourth-order valence-corrected chi connectivity index (χ4v) is 2.29. The number of amides is 1. The molecular weight excluding hydrogens is 274 g/mol. The maximum absolute atomic E-state index is 12.0. The van der Waals surface area contributed by atoms with Crippen LogP contribution in [0.5, 0.6) is 0 Å². The van der Waals surface area contributed by atoms with Gasteiger partial charge >= 0.3 is 0 Å². The van der Waals surface area contributed by atoms with Gasteiger partial charge in [-0.15, -0.1) is 0 Å². The van der Waals surface area contributed by atoms with Crippen molar-refractivity contribution in [3.05, 3.63) is 23.9 Å². The van der Waals surface area contributed by atoms with Crippen LogP contribution < -0.4 is 10.6 Å². The third-order valence-electron chi connectivity index (χ3n) is 2.80. The van der Waals surface area contributed by atoms with Crippen LogP contribution in [-0.2, 0) is 10.8 Å². The Morgan fingerprint density at radius 1 is 1.45 bits per heavy atom. The third-order valence-corrected chi connectivity index (χ3v) is 3.61. The van der Waals surface area contributed by atoms with E-state index in [1.54, 1.807) is 24.6 Å². The summed E-state index contributed by atoms with van der Waals surface area (Å²) < 4.78 is 11.0. The van der Waals surface area contributed by atoms with Gasteiger partial charge in [-0.2, -0.15) is 0 Å². The Labute approximate surface area is 123 Å². The van der Waals surface area contributed by atoms with Crippen molar-refractivity contribution in [3.8, 4) is 0 Å². The van der Waals surface area contributed by atoms with Gasteiger partial charge in [0.1, 0.15) is 5.82 Å². The Morgan fingerprint density at radius 3 is 2.75 bits per heavy atom. The maximum atomic E-state index is 12.0. The Kier molecular flexibility index (Phi) is 7.22. The van der Waals surface area contributed by atoms with Gasteiger partial charge in [0.25, 0.3) is 5.91 Å². The molecule has 0 radical (unpaired) electrons. The normalized spacial score (nSPS) is 13.6. The Hall–Kier alpha value is -1.43. The SMILES string of the molecule is CCCNc1ccc(C(=O)NC(C)CCS(C)=O)cn1. The predicted octanol–water partition coefficient (Wildman–Crippen LogP) is 1.79. The van der Waals surface area contributed by atoms with Gasteiger partial charge in [-0.1, -0.05) is 6.92 Å². The molecule has 1 aromatic heterocycles. The lowest BCUT2D eigenvalue weighted by Gasteiger charge is -2.13. The largest absolute Gasteiger partial charge is 0.370 e. The number of rotatable bonds is 8. The number of aromatic nitrogens is 1. The minimum atomic E-state index is -0.824. The molecule has 2 N–H and O–H groups in total. The van der Waals surface area contributed by atoms with Gasteiger partial charge in [0.15, 0.2) is 0 Å². The summed E-state index contributed by atoms with van der Waals surface area (Å²) in [6, 6.07) is 3.56. The number of anilines is 1. The molecule has 0 aliphatic rings. The van der Waals surface area contributed by atoms with Crippen molar-refractivity contribution in [3.63, 3.8) is 0 Å². The average Bonchev–Trinajstić information content (AvgIpc) is 2.43. The van der Waals surface area contributed by atoms with Crippen LogP contribution in [-0.4, -0.2) is 39.7 Å². The summed E-state index contributed by atoms with van der Waals surface area (Å²) in [6.07, 6.45) is 4.97. The molecule has 1 heterocycles. The molecule has 5 nitrogen and oxygen atoms in total. The van der Waals surface area contributed by atoms with E-state index in [0.717, 1.165) is 18.8 Å². The van der Waals surface area contributed by atoms with Crippen LogP contribution in [0.2, 0.25) is 0 Å². The summed E-state index contributed by atoms with van der Waals surface area (Å²) in [4.78, 5) is 16.2. The number of nitrogens with zero attached hydrogens (tertiary/aromatic N) is 1. The smallest absolute Gasteiger partial charge is 0.253 e. The zero-order valence-electron chi connectivity index (χ0n) is 12.3. The van der Waals surface area contributed by atoms with Crippen LogP contribution in [0.25, 0.3) is 0 Å². The number of carbonyl (C=O) groups excluding carboxylic acids is 1. The highest BCUT2D eigenvalue weighted by Gasteiger charge is 2.10. The van der Waals surface area contributed by atoms with E-state index < -0.39 is 10.8 Å². The van der Waals surface area contributed by atoms with Gasteiger partial charge in [0.05, 0.1) is 5.56 Å². The van der Waals surface area contributed by atoms with Crippen LogP contribution in [0.3, 0.4) is 0 Å². The second-order valence-electron chi connectivity index (χ2n) is 4.80. The molecule has 112 valence electrons. The third kappa shape index (κ3) is 6.14. The molecule has 0 spiro atoms. The van der Waals surface area contributed by atoms with E-state index in [9.17, 15) is 9.00 Å². The first-order valence-corrected chi connectivity index (χ1v) is 8.56. The Bertz CT molecular complexity index is 448. The predicted molar refractivity (Wildman–Crippen MR) is 83.5 cm³/mol. The summed E-state index contributed by atoms with van der Waals surface area (Å²) in [5.41, 5.74) is 0.538. The lowest BCUT2D eigenvalue weighted by molar-refractivity contribution is 0.0939. The Balaban J connectivity index is 2.48. The highest BCUT2D eigenvalue weighted by atomic mass is 32.2. The number of carbonyl (C=O) groups is 1. The van der Waals surface area contributed by atoms with E-state index in [1.165, 1.54) is 0 Å². The molecular formula is C14H23N3O2S. The lowest BCUT2D eigenvalue weighted by atomic mass is 10.2. The monoisotopic (exact) mass is 297 g/mol. The first-order chi connectivity index (χ1) is 9.52. The average molecular weight is 297 g/mol. The summed E-state index contributed by atoms with van der Waals surface area (Å²) in [7, 11) is -0.824. The van der Waals surface area contributed by atoms with Crippen molar-refractivity contribution in [2.24, 2.45) is 0 Å². The van der Waals surface area contributed by atoms with E-state index in [0.29, 0.717) is 17.7 Å². The summed E-state index contributed by atoms with van der Waals surface area (Å²) in [5, 5.41) is 6.04. The van der Waals surface area contributed by atoms with Gasteiger partial charge in [0, 0.05) is 41.6 Å². The van der Waals surface area contributed by atoms with Crippen molar-refractivity contribution in [1.82, 2.24) is 10.3 Å². The van der Waals surface area contributed by atoms with E-state index in [2.05, 4.69) is 22.5 Å². The molecule has 1 aromatic rings. The van der Waals surface area contributed by atoms with Crippen molar-refractivity contribution in [1.29, 1.82) is 0 Å². The number of nitrogens with one attached hydrogen (secondary N) is 2. The molecule has 20 heavy (non-hydrogen) atoms. The van der Waals surface area contributed by atoms with Crippen molar-refractivity contribution in [2.45, 2.75) is 32.7 Å². The van der Waals surface area contributed by atoms with Gasteiger partial charge in [-0.05, 0) is 31.9 Å². The van der Waals surface area contributed by atoms with E-state index in [1.807, 2.05) is 6.92 Å². The standard InChI is InChI=1S/C14H23N3O2S/c1-4-8-15-13-6-5-12(10-16-13)14(18)17-11(2)7-9-20(3)19/h5-6,10-11H,4,7-9H2,1-3H3,(H,15,16)(H,17,18). The van der Waals surface area contributed by atoms with Gasteiger partial charge in [0.2, 0.25) is 0 Å². The quantitative estimate of drug-likeness (QED) is 0.767. The molecule has 0 aliphatic heterocycles. The van der Waals surface area contributed by atoms with Crippen molar-refractivity contribution in [2.75, 3.05) is 23.9 Å². The molecule has 2 unspecified atom stereocenters. The van der Waals surface area contributed by atoms with E-state index in [4.69, 9.17) is 0 Å². The van der Waals surface area contributed by atoms with Gasteiger partial charge in [-0.25, -0.2) is 4.98 Å². The van der Waals surface area contributed by atoms with Crippen molar-refractivity contribution >= 4 is 22.5 Å². The highest BCUT2D eigenvalue weighted by molar-refractivity contribution is 7.84. The topological polar surface area (TPSA) is 71.1 Å². The molecule has 2 atom stereocenters. The molecule has 0 fully saturated rings. The minimum absolute atomic E-state index is 0.00397. The van der Waals surface area contributed by atoms with Crippen molar-refractivity contribution < 1.29 is 9.00 Å². The highest BCUT2D eigenvalue weighted by Crippen LogP contribution is 2.06. The molecule has 1 rings (SSSR count). The second kappa shape index (κ2) is 8.68. The molecule has 6 heteroatoms. The van der Waals surface area contributed by atoms with Crippen LogP contribution in [0.15, 0.2) is 18.3 Å². The molecule has 1 amide bonds. The number of pyridine rings is 1. The fraction of sp³-hybridized carbons (Fsp3) is 0.571. The van der Waals surface area contributed by atoms with Gasteiger partial charge < -0.3 is 10.6 Å². The minimum Gasteiger partial charge on any atom is -0.370 e. The molecule has 0 saturated heterocycles. The number of hydrogen-bond donors (Lipinski definition) is 2. The molecule has 0 saturated carbocycles. The molecule has 0 aromatic carbocycles. The van der Waals surface area contributed by atoms with E-state index in [-0.39, 0.29) is 11.9 Å². The van der Waals surface area contributed by atoms with E-state index >= 15 is 0 Å². The molecule has 0 aliphatic carbocycles. The van der Waals surface area contributed by atoms with Crippen LogP contribution >= 0.6 is 0 Å². The Morgan fingerprint density at radius 2 is 2.20 bits per heavy atom. The zero-order valence-corrected chi connectivity index (χ0v) is 13.1. The fourth-order valence-electron chi connectivity index (χ4n) is 1.61. The zero-order chi connectivity index (χ0) is 15.0. The summed E-state index contributed by atoms with van der Waals surface area (Å²) >= 11 is 0. The van der Waals surface area contributed by atoms with Crippen LogP contribution in [0.4, 0.5) is 5.82 Å². The summed E-state index contributed by atoms with van der Waals surface area (Å²) in [5.74, 6) is 1.23. The van der Waals surface area contributed by atoms with Gasteiger partial charge in [-0.3, -0.25) is 9.00 Å². The summed E-state index contributed by atoms with van der Waals surface area (Å²) in [6.45, 7) is 4.86. The van der Waals surface area contributed by atoms with Crippen LogP contribution in [0.1, 0.15) is 37.0 Å². The second-order valence-corrected chi connectivity index (χ2v) is 6.35. The first-order valence-electron chi connectivity index (χ1n) is 6.83.